The third-order valence-corrected chi connectivity index (χ3v) is 2.78. The summed E-state index contributed by atoms with van der Waals surface area (Å²) in [6.45, 7) is 1.70. The zero-order chi connectivity index (χ0) is 12.4. The Kier molecular flexibility index (Phi) is 3.10. The van der Waals surface area contributed by atoms with Gasteiger partial charge in [0.15, 0.2) is 0 Å². The van der Waals surface area contributed by atoms with Gasteiger partial charge in [-0.1, -0.05) is 6.07 Å². The summed E-state index contributed by atoms with van der Waals surface area (Å²) in [5.41, 5.74) is 2.10. The summed E-state index contributed by atoms with van der Waals surface area (Å²) < 4.78 is 1.60. The molecule has 0 fully saturated rings. The van der Waals surface area contributed by atoms with Crippen LogP contribution in [0.3, 0.4) is 0 Å². The summed E-state index contributed by atoms with van der Waals surface area (Å²) in [4.78, 5) is 10.4. The number of hydrogen-bond acceptors (Lipinski definition) is 3. The number of rotatable bonds is 3. The number of nitro groups is 1. The van der Waals surface area contributed by atoms with Crippen molar-refractivity contribution in [1.29, 1.82) is 0 Å². The molecule has 5 nitrogen and oxygen atoms in total. The average Bonchev–Trinajstić information content (AvgIpc) is 2.77. The van der Waals surface area contributed by atoms with Gasteiger partial charge in [0.25, 0.3) is 5.69 Å². The van der Waals surface area contributed by atoms with Crippen molar-refractivity contribution in [3.05, 3.63) is 51.8 Å². The monoisotopic (exact) mass is 251 g/mol. The van der Waals surface area contributed by atoms with Crippen molar-refractivity contribution in [2.75, 3.05) is 0 Å². The van der Waals surface area contributed by atoms with Gasteiger partial charge in [-0.2, -0.15) is 5.10 Å². The van der Waals surface area contributed by atoms with E-state index in [0.29, 0.717) is 17.1 Å². The molecule has 0 atom stereocenters. The molecular weight excluding hydrogens is 242 g/mol. The molecule has 0 aliphatic rings. The van der Waals surface area contributed by atoms with Gasteiger partial charge in [0, 0.05) is 12.3 Å². The van der Waals surface area contributed by atoms with Gasteiger partial charge in [-0.05, 0) is 19.1 Å². The fourth-order valence-electron chi connectivity index (χ4n) is 1.62. The highest BCUT2D eigenvalue weighted by atomic mass is 35.5. The molecule has 0 amide bonds. The molecule has 0 saturated carbocycles. The average molecular weight is 252 g/mol. The Bertz CT molecular complexity index is 566. The van der Waals surface area contributed by atoms with Crippen LogP contribution in [0.1, 0.15) is 11.3 Å². The Labute approximate surface area is 103 Å². The van der Waals surface area contributed by atoms with Crippen LogP contribution in [0.15, 0.2) is 30.5 Å². The quantitative estimate of drug-likeness (QED) is 0.479. The molecule has 0 saturated heterocycles. The van der Waals surface area contributed by atoms with Crippen LogP contribution in [0.2, 0.25) is 0 Å². The van der Waals surface area contributed by atoms with Crippen LogP contribution < -0.4 is 0 Å². The molecule has 2 aromatic rings. The first-order valence-electron chi connectivity index (χ1n) is 4.98. The standard InChI is InChI=1S/C11H10ClN3O2/c1-8-10(3-2-4-11(8)15(16)17)14-6-5-9(7-12)13-14/h2-6H,7H2,1H3. The van der Waals surface area contributed by atoms with Gasteiger partial charge in [-0.15, -0.1) is 11.6 Å². The topological polar surface area (TPSA) is 61.0 Å². The maximum atomic E-state index is 10.8. The highest BCUT2D eigenvalue weighted by Gasteiger charge is 2.14. The smallest absolute Gasteiger partial charge is 0.258 e. The molecule has 88 valence electrons. The molecule has 0 aliphatic heterocycles. The van der Waals surface area contributed by atoms with E-state index in [1.165, 1.54) is 6.07 Å². The summed E-state index contributed by atoms with van der Waals surface area (Å²) in [7, 11) is 0. The number of hydrogen-bond donors (Lipinski definition) is 0. The zero-order valence-corrected chi connectivity index (χ0v) is 9.89. The summed E-state index contributed by atoms with van der Waals surface area (Å²) in [6.07, 6.45) is 1.74. The van der Waals surface area contributed by atoms with Crippen LogP contribution in [0, 0.1) is 17.0 Å². The molecule has 0 bridgehead atoms. The molecule has 0 aliphatic carbocycles. The summed E-state index contributed by atoms with van der Waals surface area (Å²) >= 11 is 5.67. The second-order valence-corrected chi connectivity index (χ2v) is 3.83. The van der Waals surface area contributed by atoms with E-state index in [1.54, 1.807) is 36.0 Å². The molecule has 1 heterocycles. The number of alkyl halides is 1. The highest BCUT2D eigenvalue weighted by molar-refractivity contribution is 6.16. The van der Waals surface area contributed by atoms with Gasteiger partial charge in [0.1, 0.15) is 0 Å². The minimum absolute atomic E-state index is 0.0884. The van der Waals surface area contributed by atoms with Crippen LogP contribution in [0.5, 0.6) is 0 Å². The van der Waals surface area contributed by atoms with Crippen LogP contribution >= 0.6 is 11.6 Å². The predicted octanol–water partition coefficient (Wildman–Crippen LogP) is 2.83. The zero-order valence-electron chi connectivity index (χ0n) is 9.13. The minimum atomic E-state index is -0.398. The molecule has 2 rings (SSSR count). The number of aromatic nitrogens is 2. The number of benzene rings is 1. The van der Waals surface area contributed by atoms with Crippen molar-refractivity contribution in [1.82, 2.24) is 9.78 Å². The molecule has 1 aromatic carbocycles. The molecule has 0 unspecified atom stereocenters. The van der Waals surface area contributed by atoms with Crippen LogP contribution in [-0.2, 0) is 5.88 Å². The van der Waals surface area contributed by atoms with Gasteiger partial charge in [0.05, 0.1) is 27.7 Å². The molecule has 6 heteroatoms. The van der Waals surface area contributed by atoms with E-state index in [1.807, 2.05) is 0 Å². The molecular formula is C11H10ClN3O2. The molecule has 0 radical (unpaired) electrons. The predicted molar refractivity (Wildman–Crippen MR) is 64.5 cm³/mol. The van der Waals surface area contributed by atoms with Crippen molar-refractivity contribution in [2.45, 2.75) is 12.8 Å². The lowest BCUT2D eigenvalue weighted by Crippen LogP contribution is -2.01. The maximum absolute atomic E-state index is 10.8. The summed E-state index contributed by atoms with van der Waals surface area (Å²) in [6, 6.07) is 6.69. The van der Waals surface area contributed by atoms with Crippen LogP contribution in [0.4, 0.5) is 5.69 Å². The van der Waals surface area contributed by atoms with Gasteiger partial charge >= 0.3 is 0 Å². The maximum Gasteiger partial charge on any atom is 0.274 e. The Morgan fingerprint density at radius 1 is 1.47 bits per heavy atom. The Morgan fingerprint density at radius 3 is 2.82 bits per heavy atom. The summed E-state index contributed by atoms with van der Waals surface area (Å²) in [5, 5.41) is 15.0. The van der Waals surface area contributed by atoms with Gasteiger partial charge in [-0.3, -0.25) is 10.1 Å². The Balaban J connectivity index is 2.52. The Morgan fingerprint density at radius 2 is 2.24 bits per heavy atom. The van der Waals surface area contributed by atoms with Crippen LogP contribution in [0.25, 0.3) is 5.69 Å². The fraction of sp³-hybridized carbons (Fsp3) is 0.182. The van der Waals surface area contributed by atoms with Gasteiger partial charge in [-0.25, -0.2) is 4.68 Å². The van der Waals surface area contributed by atoms with Crippen molar-refractivity contribution >= 4 is 17.3 Å². The van der Waals surface area contributed by atoms with E-state index in [0.717, 1.165) is 5.69 Å². The van der Waals surface area contributed by atoms with Crippen molar-refractivity contribution < 1.29 is 4.92 Å². The third-order valence-electron chi connectivity index (χ3n) is 2.50. The van der Waals surface area contributed by atoms with E-state index in [9.17, 15) is 10.1 Å². The van der Waals surface area contributed by atoms with Gasteiger partial charge in [0.2, 0.25) is 0 Å². The van der Waals surface area contributed by atoms with E-state index >= 15 is 0 Å². The summed E-state index contributed by atoms with van der Waals surface area (Å²) in [5.74, 6) is 0.320. The van der Waals surface area contributed by atoms with E-state index in [4.69, 9.17) is 11.6 Å². The lowest BCUT2D eigenvalue weighted by Gasteiger charge is -2.05. The first-order valence-corrected chi connectivity index (χ1v) is 5.52. The van der Waals surface area contributed by atoms with Crippen LogP contribution in [-0.4, -0.2) is 14.7 Å². The third kappa shape index (κ3) is 2.14. The van der Waals surface area contributed by atoms with Gasteiger partial charge < -0.3 is 0 Å². The van der Waals surface area contributed by atoms with Crippen molar-refractivity contribution in [3.8, 4) is 5.69 Å². The number of nitro benzene ring substituents is 1. The minimum Gasteiger partial charge on any atom is -0.258 e. The molecule has 1 aromatic heterocycles. The normalized spacial score (nSPS) is 10.5. The van der Waals surface area contributed by atoms with Crippen molar-refractivity contribution in [3.63, 3.8) is 0 Å². The lowest BCUT2D eigenvalue weighted by atomic mass is 10.1. The first-order chi connectivity index (χ1) is 8.13. The lowest BCUT2D eigenvalue weighted by molar-refractivity contribution is -0.385. The van der Waals surface area contributed by atoms with E-state index in [-0.39, 0.29) is 5.69 Å². The van der Waals surface area contributed by atoms with E-state index < -0.39 is 4.92 Å². The van der Waals surface area contributed by atoms with E-state index in [2.05, 4.69) is 5.10 Å². The molecule has 0 N–H and O–H groups in total. The second kappa shape index (κ2) is 4.55. The molecule has 0 spiro atoms. The largest absolute Gasteiger partial charge is 0.274 e. The number of halogens is 1. The fourth-order valence-corrected chi connectivity index (χ4v) is 1.77. The second-order valence-electron chi connectivity index (χ2n) is 3.56. The number of nitrogens with zero attached hydrogens (tertiary/aromatic N) is 3. The Hall–Kier alpha value is -1.88. The van der Waals surface area contributed by atoms with Crippen molar-refractivity contribution in [2.24, 2.45) is 0 Å². The first kappa shape index (κ1) is 11.6. The highest BCUT2D eigenvalue weighted by Crippen LogP contribution is 2.23. The molecule has 17 heavy (non-hydrogen) atoms. The SMILES string of the molecule is Cc1c(-n2ccc(CCl)n2)cccc1[N+](=O)[O-].